The lowest BCUT2D eigenvalue weighted by Crippen LogP contribution is -2.38. The van der Waals surface area contributed by atoms with Crippen molar-refractivity contribution < 1.29 is 37.3 Å². The number of fused-ring (bicyclic) bond motifs is 1. The van der Waals surface area contributed by atoms with Crippen LogP contribution in [0.2, 0.25) is 0 Å². The first-order valence-electron chi connectivity index (χ1n) is 10.2. The number of pyridine rings is 2. The van der Waals surface area contributed by atoms with Gasteiger partial charge in [-0.1, -0.05) is 0 Å². The number of carbonyl (C=O) groups is 2. The Morgan fingerprint density at radius 2 is 2.00 bits per heavy atom. The lowest BCUT2D eigenvalue weighted by atomic mass is 10.0. The highest BCUT2D eigenvalue weighted by Gasteiger charge is 2.39. The van der Waals surface area contributed by atoms with E-state index in [4.69, 9.17) is 9.47 Å². The van der Waals surface area contributed by atoms with Gasteiger partial charge in [0.15, 0.2) is 5.69 Å². The molecule has 180 valence electrons. The number of halogens is 3. The second-order valence-corrected chi connectivity index (χ2v) is 8.65. The van der Waals surface area contributed by atoms with E-state index >= 15 is 0 Å². The fourth-order valence-corrected chi connectivity index (χ4v) is 3.57. The van der Waals surface area contributed by atoms with Gasteiger partial charge in [-0.05, 0) is 39.7 Å². The molecule has 0 aliphatic carbocycles. The van der Waals surface area contributed by atoms with Gasteiger partial charge in [0.1, 0.15) is 29.1 Å². The topological polar surface area (TPSA) is 120 Å². The molecule has 1 saturated heterocycles. The Bertz CT molecular complexity index is 1160. The molecule has 12 heteroatoms. The van der Waals surface area contributed by atoms with E-state index in [9.17, 15) is 32.7 Å². The lowest BCUT2D eigenvalue weighted by molar-refractivity contribution is -0.153. The number of alkyl halides is 3. The van der Waals surface area contributed by atoms with Gasteiger partial charge in [-0.15, -0.1) is 0 Å². The third-order valence-electron chi connectivity index (χ3n) is 4.95. The number of hydrogen-bond donors (Lipinski definition) is 2. The Hall–Kier alpha value is -3.15. The van der Waals surface area contributed by atoms with Crippen molar-refractivity contribution in [3.63, 3.8) is 0 Å². The molecule has 0 saturated carbocycles. The van der Waals surface area contributed by atoms with Gasteiger partial charge in [0.05, 0.1) is 11.5 Å². The van der Waals surface area contributed by atoms with Crippen LogP contribution in [0.5, 0.6) is 5.75 Å². The van der Waals surface area contributed by atoms with Crippen LogP contribution in [0.1, 0.15) is 61.3 Å². The molecule has 0 aromatic carbocycles. The number of aryl methyl sites for hydroxylation is 1. The van der Waals surface area contributed by atoms with Crippen LogP contribution in [0, 0.1) is 0 Å². The van der Waals surface area contributed by atoms with Crippen LogP contribution in [-0.2, 0) is 27.5 Å². The summed E-state index contributed by atoms with van der Waals surface area (Å²) in [5.74, 6) is -2.69. The molecule has 3 heterocycles. The number of carbonyl (C=O) groups excluding carboxylic acids is 2. The van der Waals surface area contributed by atoms with Crippen LogP contribution in [0.15, 0.2) is 10.9 Å². The van der Waals surface area contributed by atoms with Crippen LogP contribution in [0.3, 0.4) is 0 Å². The smallest absolute Gasteiger partial charge is 0.433 e. The molecule has 2 N–H and O–H groups in total. The van der Waals surface area contributed by atoms with E-state index in [1.54, 1.807) is 20.8 Å². The Morgan fingerprint density at radius 3 is 2.55 bits per heavy atom. The number of aromatic nitrogens is 2. The third-order valence-corrected chi connectivity index (χ3v) is 4.95. The quantitative estimate of drug-likeness (QED) is 0.658. The number of nitrogens with zero attached hydrogens (tertiary/aromatic N) is 2. The highest BCUT2D eigenvalue weighted by atomic mass is 19.4. The number of nitrogens with one attached hydrogen (secondary N) is 1. The molecular weight excluding hydrogens is 447 g/mol. The van der Waals surface area contributed by atoms with E-state index in [-0.39, 0.29) is 17.6 Å². The molecule has 1 aliphatic rings. The molecule has 0 unspecified atom stereocenters. The van der Waals surface area contributed by atoms with Crippen molar-refractivity contribution >= 4 is 22.9 Å². The number of aromatic hydroxyl groups is 1. The van der Waals surface area contributed by atoms with Crippen LogP contribution in [0.25, 0.3) is 11.0 Å². The second kappa shape index (κ2) is 8.65. The molecule has 1 aliphatic heterocycles. The van der Waals surface area contributed by atoms with E-state index in [1.807, 2.05) is 0 Å². The molecule has 1 fully saturated rings. The van der Waals surface area contributed by atoms with E-state index in [2.05, 4.69) is 10.3 Å². The van der Waals surface area contributed by atoms with Gasteiger partial charge in [-0.2, -0.15) is 13.2 Å². The van der Waals surface area contributed by atoms with Crippen LogP contribution in [-0.4, -0.2) is 45.3 Å². The fraction of sp³-hybridized carbons (Fsp3) is 0.524. The Labute approximate surface area is 186 Å². The molecule has 0 radical (unpaired) electrons. The fourth-order valence-electron chi connectivity index (χ4n) is 3.57. The Balaban J connectivity index is 2.08. The molecule has 3 rings (SSSR count). The predicted octanol–water partition coefficient (Wildman–Crippen LogP) is 2.58. The minimum absolute atomic E-state index is 0.224. The maximum Gasteiger partial charge on any atom is 0.433 e. The van der Waals surface area contributed by atoms with E-state index in [1.165, 1.54) is 0 Å². The molecule has 0 bridgehead atoms. The predicted molar refractivity (Wildman–Crippen MR) is 110 cm³/mol. The standard InChI is InChI=1S/C21H24F3N3O6/c1-20(2,3)33-13(28)9-25-18(30)14-15(29)11-8-10(12-6-5-7-32-12)16(21(22,23)24)26-17(11)27(4)19(14)31/h8,12,29H,5-7,9H2,1-4H3,(H,25,30)/t12-/m1/s1. The minimum Gasteiger partial charge on any atom is -0.506 e. The lowest BCUT2D eigenvalue weighted by Gasteiger charge is -2.20. The first kappa shape index (κ1) is 24.5. The van der Waals surface area contributed by atoms with E-state index in [0.717, 1.165) is 17.7 Å². The third kappa shape index (κ3) is 5.10. The molecule has 33 heavy (non-hydrogen) atoms. The van der Waals surface area contributed by atoms with Crippen molar-refractivity contribution in [2.45, 2.75) is 51.5 Å². The van der Waals surface area contributed by atoms with Gasteiger partial charge in [0, 0.05) is 19.2 Å². The Morgan fingerprint density at radius 1 is 1.33 bits per heavy atom. The van der Waals surface area contributed by atoms with Gasteiger partial charge >= 0.3 is 12.1 Å². The largest absolute Gasteiger partial charge is 0.506 e. The van der Waals surface area contributed by atoms with E-state index < -0.39 is 64.5 Å². The van der Waals surface area contributed by atoms with Gasteiger partial charge in [-0.3, -0.25) is 19.0 Å². The maximum atomic E-state index is 13.7. The summed E-state index contributed by atoms with van der Waals surface area (Å²) in [5.41, 5.74) is -4.57. The van der Waals surface area contributed by atoms with Crippen molar-refractivity contribution in [3.8, 4) is 5.75 Å². The van der Waals surface area contributed by atoms with Gasteiger partial charge in [0.25, 0.3) is 11.5 Å². The number of rotatable bonds is 4. The summed E-state index contributed by atoms with van der Waals surface area (Å²) in [4.78, 5) is 40.8. The summed E-state index contributed by atoms with van der Waals surface area (Å²) in [5, 5.41) is 12.6. The number of esters is 1. The van der Waals surface area contributed by atoms with E-state index in [0.29, 0.717) is 12.8 Å². The zero-order valence-corrected chi connectivity index (χ0v) is 18.5. The summed E-state index contributed by atoms with van der Waals surface area (Å²) in [6.07, 6.45) is -4.84. The number of amides is 1. The minimum atomic E-state index is -4.83. The summed E-state index contributed by atoms with van der Waals surface area (Å²) in [6.45, 7) is 4.59. The zero-order valence-electron chi connectivity index (χ0n) is 18.5. The first-order valence-corrected chi connectivity index (χ1v) is 10.2. The molecular formula is C21H24F3N3O6. The maximum absolute atomic E-state index is 13.7. The average molecular weight is 471 g/mol. The number of ether oxygens (including phenoxy) is 2. The van der Waals surface area contributed by atoms with Crippen molar-refractivity contribution in [2.24, 2.45) is 7.05 Å². The van der Waals surface area contributed by atoms with Crippen molar-refractivity contribution in [1.29, 1.82) is 0 Å². The average Bonchev–Trinajstić information content (AvgIpc) is 3.22. The highest BCUT2D eigenvalue weighted by Crippen LogP contribution is 2.40. The molecule has 2 aromatic heterocycles. The van der Waals surface area contributed by atoms with Gasteiger partial charge < -0.3 is 19.9 Å². The summed E-state index contributed by atoms with van der Waals surface area (Å²) >= 11 is 0. The summed E-state index contributed by atoms with van der Waals surface area (Å²) in [7, 11) is 1.13. The normalized spacial score (nSPS) is 16.8. The van der Waals surface area contributed by atoms with Crippen LogP contribution < -0.4 is 10.9 Å². The summed E-state index contributed by atoms with van der Waals surface area (Å²) < 4.78 is 52.3. The monoisotopic (exact) mass is 471 g/mol. The molecule has 2 aromatic rings. The first-order chi connectivity index (χ1) is 15.2. The summed E-state index contributed by atoms with van der Waals surface area (Å²) in [6, 6.07) is 1.04. The van der Waals surface area contributed by atoms with Crippen LogP contribution in [0.4, 0.5) is 13.2 Å². The molecule has 9 nitrogen and oxygen atoms in total. The van der Waals surface area contributed by atoms with Crippen molar-refractivity contribution in [3.05, 3.63) is 33.2 Å². The molecule has 1 atom stereocenters. The van der Waals surface area contributed by atoms with Crippen LogP contribution >= 0.6 is 0 Å². The molecule has 1 amide bonds. The van der Waals surface area contributed by atoms with Crippen molar-refractivity contribution in [2.75, 3.05) is 13.2 Å². The second-order valence-electron chi connectivity index (χ2n) is 8.65. The van der Waals surface area contributed by atoms with Crippen molar-refractivity contribution in [1.82, 2.24) is 14.9 Å². The Kier molecular flexibility index (Phi) is 6.42. The number of hydrogen-bond acceptors (Lipinski definition) is 7. The zero-order chi connectivity index (χ0) is 24.7. The highest BCUT2D eigenvalue weighted by molar-refractivity contribution is 6.02. The van der Waals surface area contributed by atoms with Gasteiger partial charge in [-0.25, -0.2) is 4.98 Å². The molecule has 0 spiro atoms. The van der Waals surface area contributed by atoms with Gasteiger partial charge in [0.2, 0.25) is 0 Å². The SMILES string of the molecule is Cn1c(=O)c(C(=O)NCC(=O)OC(C)(C)C)c(O)c2cc([C@H]3CCCO3)c(C(F)(F)F)nc21.